The van der Waals surface area contributed by atoms with E-state index in [2.05, 4.69) is 40.7 Å². The number of fused-ring (bicyclic) bond motifs is 1. The average molecular weight is 359 g/mol. The van der Waals surface area contributed by atoms with Gasteiger partial charge in [-0.05, 0) is 51.7 Å². The summed E-state index contributed by atoms with van der Waals surface area (Å²) in [6, 6.07) is 5.62. The Morgan fingerprint density at radius 1 is 1.23 bits per heavy atom. The van der Waals surface area contributed by atoms with Crippen LogP contribution in [0.25, 0.3) is 10.9 Å². The molecule has 2 aromatic rings. The Kier molecular flexibility index (Phi) is 6.29. The van der Waals surface area contributed by atoms with Gasteiger partial charge in [-0.25, -0.2) is 4.79 Å². The molecule has 1 aromatic heterocycles. The number of hydrogen-bond donors (Lipinski definition) is 3. The molecule has 3 N–H and O–H groups in total. The quantitative estimate of drug-likeness (QED) is 0.740. The lowest BCUT2D eigenvalue weighted by atomic mass is 10.1. The Morgan fingerprint density at radius 2 is 1.96 bits per heavy atom. The third-order valence-electron chi connectivity index (χ3n) is 4.09. The van der Waals surface area contributed by atoms with Gasteiger partial charge in [-0.3, -0.25) is 4.79 Å². The summed E-state index contributed by atoms with van der Waals surface area (Å²) in [6.45, 7) is 9.61. The molecule has 0 bridgehead atoms. The highest BCUT2D eigenvalue weighted by Gasteiger charge is 2.20. The molecule has 6 heteroatoms. The predicted molar refractivity (Wildman–Crippen MR) is 103 cm³/mol. The largest absolute Gasteiger partial charge is 0.444 e. The monoisotopic (exact) mass is 359 g/mol. The van der Waals surface area contributed by atoms with E-state index in [1.807, 2.05) is 6.20 Å². The van der Waals surface area contributed by atoms with Gasteiger partial charge in [-0.2, -0.15) is 0 Å². The molecule has 0 unspecified atom stereocenters. The molecule has 0 saturated carbocycles. The van der Waals surface area contributed by atoms with Crippen molar-refractivity contribution in [2.75, 3.05) is 6.54 Å². The number of rotatable bonds is 6. The van der Waals surface area contributed by atoms with Crippen LogP contribution in [0, 0.1) is 0 Å². The van der Waals surface area contributed by atoms with Crippen LogP contribution in [-0.2, 0) is 22.4 Å². The Morgan fingerprint density at radius 3 is 2.62 bits per heavy atom. The zero-order valence-corrected chi connectivity index (χ0v) is 16.2. The van der Waals surface area contributed by atoms with Gasteiger partial charge in [0.05, 0.1) is 0 Å². The molecule has 0 aliphatic carbocycles. The van der Waals surface area contributed by atoms with Crippen molar-refractivity contribution in [2.24, 2.45) is 0 Å². The van der Waals surface area contributed by atoms with Crippen molar-refractivity contribution >= 4 is 22.9 Å². The summed E-state index contributed by atoms with van der Waals surface area (Å²) in [4.78, 5) is 27.2. The number of amides is 2. The summed E-state index contributed by atoms with van der Waals surface area (Å²) in [5.41, 5.74) is 3.03. The molecule has 1 heterocycles. The second-order valence-corrected chi connectivity index (χ2v) is 7.42. The number of aryl methyl sites for hydroxylation is 1. The second kappa shape index (κ2) is 8.25. The van der Waals surface area contributed by atoms with Gasteiger partial charge < -0.3 is 20.4 Å². The topological polar surface area (TPSA) is 83.2 Å². The molecule has 0 radical (unpaired) electrons. The van der Waals surface area contributed by atoms with Crippen molar-refractivity contribution in [3.8, 4) is 0 Å². The number of H-pyrrole nitrogens is 1. The smallest absolute Gasteiger partial charge is 0.408 e. The third kappa shape index (κ3) is 5.25. The minimum atomic E-state index is -0.653. The first kappa shape index (κ1) is 19.8. The second-order valence-electron chi connectivity index (χ2n) is 7.42. The molecular formula is C20H29N3O3. The summed E-state index contributed by atoms with van der Waals surface area (Å²) in [7, 11) is 0. The molecule has 0 saturated heterocycles. The van der Waals surface area contributed by atoms with E-state index in [0.717, 1.165) is 18.4 Å². The lowest BCUT2D eigenvalue weighted by Gasteiger charge is -2.21. The number of hydrogen-bond acceptors (Lipinski definition) is 3. The lowest BCUT2D eigenvalue weighted by Crippen LogP contribution is -2.46. The molecule has 1 atom stereocenters. The van der Waals surface area contributed by atoms with Crippen LogP contribution in [0.3, 0.4) is 0 Å². The number of aromatic nitrogens is 1. The zero-order chi connectivity index (χ0) is 19.3. The van der Waals surface area contributed by atoms with Gasteiger partial charge in [0.15, 0.2) is 0 Å². The van der Waals surface area contributed by atoms with Crippen LogP contribution in [0.1, 0.15) is 45.7 Å². The first-order chi connectivity index (χ1) is 12.2. The highest BCUT2D eigenvalue weighted by atomic mass is 16.6. The fourth-order valence-corrected chi connectivity index (χ4v) is 2.80. The standard InChI is InChI=1S/C20H29N3O3/c1-6-14-8-7-9-16-15(12-22-17(14)16)10-11-21-18(24)13(2)23-19(25)26-20(3,4)5/h7-9,12-13,22H,6,10-11H2,1-5H3,(H,21,24)(H,23,25)/t13-/m1/s1. The summed E-state index contributed by atoms with van der Waals surface area (Å²) >= 11 is 0. The number of para-hydroxylation sites is 1. The van der Waals surface area contributed by atoms with E-state index >= 15 is 0 Å². The average Bonchev–Trinajstić information content (AvgIpc) is 2.96. The van der Waals surface area contributed by atoms with E-state index in [4.69, 9.17) is 4.74 Å². The van der Waals surface area contributed by atoms with E-state index in [-0.39, 0.29) is 5.91 Å². The summed E-state index contributed by atoms with van der Waals surface area (Å²) in [5, 5.41) is 6.60. The number of aromatic amines is 1. The molecule has 2 amide bonds. The summed E-state index contributed by atoms with van der Waals surface area (Å²) in [6.07, 6.45) is 3.10. The van der Waals surface area contributed by atoms with Crippen LogP contribution in [0.5, 0.6) is 0 Å². The van der Waals surface area contributed by atoms with Crippen molar-refractivity contribution in [1.82, 2.24) is 15.6 Å². The molecule has 6 nitrogen and oxygen atoms in total. The van der Waals surface area contributed by atoms with Crippen molar-refractivity contribution in [2.45, 2.75) is 59.1 Å². The first-order valence-corrected chi connectivity index (χ1v) is 9.06. The summed E-state index contributed by atoms with van der Waals surface area (Å²) in [5.74, 6) is -0.232. The third-order valence-corrected chi connectivity index (χ3v) is 4.09. The number of ether oxygens (including phenoxy) is 1. The number of nitrogens with one attached hydrogen (secondary N) is 3. The van der Waals surface area contributed by atoms with E-state index in [1.54, 1.807) is 27.7 Å². The number of alkyl carbamates (subject to hydrolysis) is 1. The van der Waals surface area contributed by atoms with Gasteiger partial charge in [0.25, 0.3) is 0 Å². The normalized spacial score (nSPS) is 12.7. The van der Waals surface area contributed by atoms with E-state index in [0.29, 0.717) is 6.54 Å². The van der Waals surface area contributed by atoms with Crippen molar-refractivity contribution < 1.29 is 14.3 Å². The van der Waals surface area contributed by atoms with Gasteiger partial charge in [0.1, 0.15) is 11.6 Å². The van der Waals surface area contributed by atoms with E-state index < -0.39 is 17.7 Å². The van der Waals surface area contributed by atoms with Crippen LogP contribution in [0.2, 0.25) is 0 Å². The Bertz CT molecular complexity index is 774. The lowest BCUT2D eigenvalue weighted by molar-refractivity contribution is -0.122. The van der Waals surface area contributed by atoms with Crippen LogP contribution in [-0.4, -0.2) is 35.2 Å². The minimum Gasteiger partial charge on any atom is -0.444 e. The Labute approximate surface area is 154 Å². The number of benzene rings is 1. The highest BCUT2D eigenvalue weighted by molar-refractivity contribution is 5.87. The van der Waals surface area contributed by atoms with Gasteiger partial charge in [-0.15, -0.1) is 0 Å². The molecule has 1 aromatic carbocycles. The molecular weight excluding hydrogens is 330 g/mol. The van der Waals surface area contributed by atoms with Gasteiger partial charge in [-0.1, -0.05) is 25.1 Å². The summed E-state index contributed by atoms with van der Waals surface area (Å²) < 4.78 is 5.16. The van der Waals surface area contributed by atoms with Crippen LogP contribution in [0.15, 0.2) is 24.4 Å². The molecule has 142 valence electrons. The van der Waals surface area contributed by atoms with Crippen LogP contribution in [0.4, 0.5) is 4.79 Å². The first-order valence-electron chi connectivity index (χ1n) is 9.06. The number of carbonyl (C=O) groups is 2. The molecule has 0 aliphatic rings. The van der Waals surface area contributed by atoms with Gasteiger partial charge in [0.2, 0.25) is 5.91 Å². The Balaban J connectivity index is 1.86. The number of carbonyl (C=O) groups excluding carboxylic acids is 2. The predicted octanol–water partition coefficient (Wildman–Crippen LogP) is 3.30. The maximum Gasteiger partial charge on any atom is 0.408 e. The SMILES string of the molecule is CCc1cccc2c(CCNC(=O)[C@@H](C)NC(=O)OC(C)(C)C)c[nH]c12. The Hall–Kier alpha value is -2.50. The maximum absolute atomic E-state index is 12.1. The molecule has 2 rings (SSSR count). The highest BCUT2D eigenvalue weighted by Crippen LogP contribution is 2.22. The van der Waals surface area contributed by atoms with E-state index in [9.17, 15) is 9.59 Å². The van der Waals surface area contributed by atoms with Crippen LogP contribution < -0.4 is 10.6 Å². The van der Waals surface area contributed by atoms with Crippen molar-refractivity contribution in [3.63, 3.8) is 0 Å². The molecule has 0 spiro atoms. The van der Waals surface area contributed by atoms with Crippen molar-refractivity contribution in [3.05, 3.63) is 35.5 Å². The molecule has 0 aliphatic heterocycles. The fraction of sp³-hybridized carbons (Fsp3) is 0.500. The molecule has 26 heavy (non-hydrogen) atoms. The van der Waals surface area contributed by atoms with E-state index in [1.165, 1.54) is 16.5 Å². The van der Waals surface area contributed by atoms with Crippen molar-refractivity contribution in [1.29, 1.82) is 0 Å². The van der Waals surface area contributed by atoms with Gasteiger partial charge in [0, 0.05) is 23.6 Å². The minimum absolute atomic E-state index is 0.232. The molecule has 0 fully saturated rings. The fourth-order valence-electron chi connectivity index (χ4n) is 2.80. The maximum atomic E-state index is 12.1. The van der Waals surface area contributed by atoms with Crippen LogP contribution >= 0.6 is 0 Å². The zero-order valence-electron chi connectivity index (χ0n) is 16.2. The van der Waals surface area contributed by atoms with Gasteiger partial charge >= 0.3 is 6.09 Å².